The summed E-state index contributed by atoms with van der Waals surface area (Å²) in [5, 5.41) is 18.4. The van der Waals surface area contributed by atoms with Gasteiger partial charge in [0.25, 0.3) is 0 Å². The Balaban J connectivity index is 4.15. The standard InChI is InChI=1S/C51H99O10P/c1-3-5-7-9-11-13-15-17-19-21-22-23-24-25-26-27-29-31-33-35-37-39-41-43-51(55)61-49(47-60-62(56,57)59-45-48(53)44-52)46-58-50(54)42-40-38-36-34-32-30-28-20-18-16-14-12-10-8-6-4-2/h35,37,48-49,52-53H,3-34,36,38-47H2,1-2H3,(H,56,57)/b37-35+/t48-,49+/m0/s1. The fourth-order valence-electron chi connectivity index (χ4n) is 7.65. The molecule has 0 spiro atoms. The molecule has 0 aromatic carbocycles. The second-order valence-corrected chi connectivity index (χ2v) is 19.4. The summed E-state index contributed by atoms with van der Waals surface area (Å²) in [6.45, 7) is 2.41. The maximum absolute atomic E-state index is 12.7. The number of phosphoric acid groups is 1. The third kappa shape index (κ3) is 46.7. The number of ether oxygens (including phenoxy) is 2. The van der Waals surface area contributed by atoms with E-state index in [4.69, 9.17) is 23.6 Å². The van der Waals surface area contributed by atoms with Crippen LogP contribution in [0.5, 0.6) is 0 Å². The second-order valence-electron chi connectivity index (χ2n) is 17.9. The highest BCUT2D eigenvalue weighted by molar-refractivity contribution is 7.47. The summed E-state index contributed by atoms with van der Waals surface area (Å²) < 4.78 is 32.8. The van der Waals surface area contributed by atoms with Gasteiger partial charge in [0.15, 0.2) is 6.10 Å². The van der Waals surface area contributed by atoms with Gasteiger partial charge < -0.3 is 24.6 Å². The summed E-state index contributed by atoms with van der Waals surface area (Å²) in [6.07, 6.45) is 49.1. The minimum Gasteiger partial charge on any atom is -0.462 e. The van der Waals surface area contributed by atoms with Gasteiger partial charge in [-0.15, -0.1) is 0 Å². The van der Waals surface area contributed by atoms with Crippen molar-refractivity contribution in [3.63, 3.8) is 0 Å². The van der Waals surface area contributed by atoms with Gasteiger partial charge in [-0.2, -0.15) is 0 Å². The Morgan fingerprint density at radius 1 is 0.468 bits per heavy atom. The maximum Gasteiger partial charge on any atom is 0.472 e. The van der Waals surface area contributed by atoms with Crippen LogP contribution < -0.4 is 0 Å². The smallest absolute Gasteiger partial charge is 0.462 e. The molecule has 3 atom stereocenters. The average Bonchev–Trinajstić information content (AvgIpc) is 3.26. The molecule has 0 aromatic rings. The second kappa shape index (κ2) is 47.7. The maximum atomic E-state index is 12.7. The quantitative estimate of drug-likeness (QED) is 0.0233. The number of phosphoric ester groups is 1. The van der Waals surface area contributed by atoms with Crippen molar-refractivity contribution in [2.75, 3.05) is 26.4 Å². The van der Waals surface area contributed by atoms with E-state index in [1.807, 2.05) is 0 Å². The lowest BCUT2D eigenvalue weighted by atomic mass is 10.0. The van der Waals surface area contributed by atoms with E-state index >= 15 is 0 Å². The molecule has 0 saturated carbocycles. The molecule has 62 heavy (non-hydrogen) atoms. The van der Waals surface area contributed by atoms with Crippen molar-refractivity contribution in [1.82, 2.24) is 0 Å². The summed E-state index contributed by atoms with van der Waals surface area (Å²) >= 11 is 0. The fourth-order valence-corrected chi connectivity index (χ4v) is 8.44. The summed E-state index contributed by atoms with van der Waals surface area (Å²) in [4.78, 5) is 35.1. The molecule has 0 aliphatic carbocycles. The van der Waals surface area contributed by atoms with Crippen LogP contribution in [0.3, 0.4) is 0 Å². The number of allylic oxidation sites excluding steroid dienone is 2. The molecular formula is C51H99O10P. The summed E-state index contributed by atoms with van der Waals surface area (Å²) in [6, 6.07) is 0. The van der Waals surface area contributed by atoms with Crippen molar-refractivity contribution < 1.29 is 47.8 Å². The zero-order chi connectivity index (χ0) is 45.5. The largest absolute Gasteiger partial charge is 0.472 e. The predicted octanol–water partition coefficient (Wildman–Crippen LogP) is 14.7. The Morgan fingerprint density at radius 2 is 0.806 bits per heavy atom. The van der Waals surface area contributed by atoms with Crippen LogP contribution in [0, 0.1) is 0 Å². The highest BCUT2D eigenvalue weighted by atomic mass is 31.2. The summed E-state index contributed by atoms with van der Waals surface area (Å²) in [7, 11) is -4.62. The average molecular weight is 903 g/mol. The number of hydrogen-bond acceptors (Lipinski definition) is 9. The van der Waals surface area contributed by atoms with Crippen molar-refractivity contribution in [3.05, 3.63) is 12.2 Å². The van der Waals surface area contributed by atoms with E-state index in [0.717, 1.165) is 32.1 Å². The molecule has 0 aliphatic rings. The van der Waals surface area contributed by atoms with Gasteiger partial charge in [-0.25, -0.2) is 4.57 Å². The number of hydrogen-bond donors (Lipinski definition) is 3. The highest BCUT2D eigenvalue weighted by Crippen LogP contribution is 2.43. The first-order valence-electron chi connectivity index (χ1n) is 26.1. The summed E-state index contributed by atoms with van der Waals surface area (Å²) in [5.41, 5.74) is 0. The van der Waals surface area contributed by atoms with E-state index < -0.39 is 51.8 Å². The minimum atomic E-state index is -4.62. The third-order valence-electron chi connectivity index (χ3n) is 11.7. The molecule has 0 fully saturated rings. The van der Waals surface area contributed by atoms with Gasteiger partial charge in [-0.05, 0) is 32.1 Å². The Morgan fingerprint density at radius 3 is 1.21 bits per heavy atom. The summed E-state index contributed by atoms with van der Waals surface area (Å²) in [5.74, 6) is -0.945. The van der Waals surface area contributed by atoms with Gasteiger partial charge in [0.05, 0.1) is 19.8 Å². The highest BCUT2D eigenvalue weighted by Gasteiger charge is 2.27. The van der Waals surface area contributed by atoms with Crippen molar-refractivity contribution in [2.45, 2.75) is 276 Å². The number of esters is 2. The van der Waals surface area contributed by atoms with E-state index in [-0.39, 0.29) is 19.4 Å². The molecule has 10 nitrogen and oxygen atoms in total. The van der Waals surface area contributed by atoms with Gasteiger partial charge in [0.1, 0.15) is 12.7 Å². The Hall–Kier alpha value is -1.29. The van der Waals surface area contributed by atoms with Crippen LogP contribution in [-0.4, -0.2) is 65.7 Å². The number of carbonyl (C=O) groups excluding carboxylic acids is 2. The van der Waals surface area contributed by atoms with Crippen molar-refractivity contribution in [3.8, 4) is 0 Å². The Labute approximate surface area is 381 Å². The molecule has 3 N–H and O–H groups in total. The molecule has 11 heteroatoms. The van der Waals surface area contributed by atoms with Gasteiger partial charge in [-0.3, -0.25) is 18.6 Å². The molecule has 0 amide bonds. The first kappa shape index (κ1) is 60.7. The van der Waals surface area contributed by atoms with Crippen LogP contribution in [0.15, 0.2) is 12.2 Å². The van der Waals surface area contributed by atoms with Gasteiger partial charge in [0.2, 0.25) is 0 Å². The van der Waals surface area contributed by atoms with Gasteiger partial charge >= 0.3 is 19.8 Å². The lowest BCUT2D eigenvalue weighted by molar-refractivity contribution is -0.161. The number of aliphatic hydroxyl groups excluding tert-OH is 2. The van der Waals surface area contributed by atoms with E-state index in [9.17, 15) is 24.2 Å². The lowest BCUT2D eigenvalue weighted by Crippen LogP contribution is -2.29. The molecule has 0 heterocycles. The SMILES string of the molecule is CCCCCCCCCCCCCCCCCCCC/C=C/CCCC(=O)O[C@H](COC(=O)CCCCCCCCCCCCCCCCCC)COP(=O)(O)OC[C@@H](O)CO. The van der Waals surface area contributed by atoms with Crippen LogP contribution in [0.4, 0.5) is 0 Å². The van der Waals surface area contributed by atoms with E-state index in [2.05, 4.69) is 26.0 Å². The van der Waals surface area contributed by atoms with Crippen molar-refractivity contribution in [1.29, 1.82) is 0 Å². The van der Waals surface area contributed by atoms with Crippen LogP contribution >= 0.6 is 7.82 Å². The van der Waals surface area contributed by atoms with Gasteiger partial charge in [0, 0.05) is 12.8 Å². The lowest BCUT2D eigenvalue weighted by Gasteiger charge is -2.20. The molecule has 0 rings (SSSR count). The molecule has 0 aliphatic heterocycles. The third-order valence-corrected chi connectivity index (χ3v) is 12.6. The van der Waals surface area contributed by atoms with Crippen molar-refractivity contribution in [2.24, 2.45) is 0 Å². The molecule has 368 valence electrons. The van der Waals surface area contributed by atoms with Crippen LogP contribution in [0.1, 0.15) is 264 Å². The number of aliphatic hydroxyl groups is 2. The molecule has 0 saturated heterocycles. The fraction of sp³-hybridized carbons (Fsp3) is 0.922. The Bertz CT molecular complexity index is 1040. The first-order valence-corrected chi connectivity index (χ1v) is 27.6. The molecular weight excluding hydrogens is 804 g/mol. The van der Waals surface area contributed by atoms with Gasteiger partial charge in [-0.1, -0.05) is 231 Å². The van der Waals surface area contributed by atoms with Crippen molar-refractivity contribution >= 4 is 19.8 Å². The normalized spacial score (nSPS) is 13.7. The van der Waals surface area contributed by atoms with Crippen LogP contribution in [-0.2, 0) is 32.7 Å². The minimum absolute atomic E-state index is 0.142. The predicted molar refractivity (Wildman–Crippen MR) is 256 cm³/mol. The molecule has 0 radical (unpaired) electrons. The zero-order valence-electron chi connectivity index (χ0n) is 40.4. The Kier molecular flexibility index (Phi) is 46.7. The molecule has 0 aromatic heterocycles. The van der Waals surface area contributed by atoms with Crippen LogP contribution in [0.2, 0.25) is 0 Å². The topological polar surface area (TPSA) is 149 Å². The number of unbranched alkanes of at least 4 members (excludes halogenated alkanes) is 34. The van der Waals surface area contributed by atoms with E-state index in [1.54, 1.807) is 0 Å². The van der Waals surface area contributed by atoms with E-state index in [1.165, 1.54) is 193 Å². The molecule has 0 bridgehead atoms. The number of rotatable bonds is 50. The van der Waals surface area contributed by atoms with Crippen LogP contribution in [0.25, 0.3) is 0 Å². The zero-order valence-corrected chi connectivity index (χ0v) is 41.3. The first-order chi connectivity index (χ1) is 30.2. The monoisotopic (exact) mass is 903 g/mol. The number of carbonyl (C=O) groups is 2. The molecule has 1 unspecified atom stereocenters. The van der Waals surface area contributed by atoms with E-state index in [0.29, 0.717) is 12.8 Å².